The van der Waals surface area contributed by atoms with E-state index in [9.17, 15) is 10.2 Å². The summed E-state index contributed by atoms with van der Waals surface area (Å²) in [7, 11) is 0. The summed E-state index contributed by atoms with van der Waals surface area (Å²) in [5.74, 6) is -0.214. The molecular weight excluding hydrogens is 190 g/mol. The Hall–Kier alpha value is -2.03. The van der Waals surface area contributed by atoms with Crippen molar-refractivity contribution in [2.45, 2.75) is 6.92 Å². The third-order valence-corrected chi connectivity index (χ3v) is 2.31. The smallest absolute Gasteiger partial charge is 0.158 e. The fourth-order valence-electron chi connectivity index (χ4n) is 1.49. The van der Waals surface area contributed by atoms with Crippen LogP contribution in [0.25, 0.3) is 11.1 Å². The Bertz CT molecular complexity index is 495. The molecular formula is C12H11NO2. The van der Waals surface area contributed by atoms with Gasteiger partial charge in [-0.3, -0.25) is 4.98 Å². The van der Waals surface area contributed by atoms with Gasteiger partial charge in [0.05, 0.1) is 0 Å². The second kappa shape index (κ2) is 3.61. The summed E-state index contributed by atoms with van der Waals surface area (Å²) in [6, 6.07) is 6.65. The van der Waals surface area contributed by atoms with Crippen molar-refractivity contribution in [3.8, 4) is 22.6 Å². The molecule has 0 spiro atoms. The van der Waals surface area contributed by atoms with Crippen LogP contribution >= 0.6 is 0 Å². The van der Waals surface area contributed by atoms with Crippen molar-refractivity contribution in [3.05, 3.63) is 42.2 Å². The highest BCUT2D eigenvalue weighted by molar-refractivity contribution is 5.69. The fourth-order valence-corrected chi connectivity index (χ4v) is 1.49. The van der Waals surface area contributed by atoms with Crippen LogP contribution in [0.4, 0.5) is 0 Å². The van der Waals surface area contributed by atoms with Gasteiger partial charge >= 0.3 is 0 Å². The zero-order chi connectivity index (χ0) is 10.8. The summed E-state index contributed by atoms with van der Waals surface area (Å²) in [4.78, 5) is 4.00. The largest absolute Gasteiger partial charge is 0.504 e. The van der Waals surface area contributed by atoms with E-state index in [0.29, 0.717) is 0 Å². The number of pyridine rings is 1. The Morgan fingerprint density at radius 2 is 1.87 bits per heavy atom. The third-order valence-electron chi connectivity index (χ3n) is 2.31. The molecule has 0 radical (unpaired) electrons. The number of hydrogen-bond donors (Lipinski definition) is 2. The van der Waals surface area contributed by atoms with Crippen LogP contribution in [0.3, 0.4) is 0 Å². The molecule has 0 aliphatic heterocycles. The predicted molar refractivity (Wildman–Crippen MR) is 57.7 cm³/mol. The van der Waals surface area contributed by atoms with E-state index in [2.05, 4.69) is 4.98 Å². The van der Waals surface area contributed by atoms with Crippen molar-refractivity contribution < 1.29 is 10.2 Å². The van der Waals surface area contributed by atoms with Gasteiger partial charge in [0.25, 0.3) is 0 Å². The molecule has 0 unspecified atom stereocenters. The lowest BCUT2D eigenvalue weighted by Gasteiger charge is -2.06. The number of phenolic OH excluding ortho intramolecular Hbond substituents is 2. The average Bonchev–Trinajstić information content (AvgIpc) is 2.23. The second-order valence-corrected chi connectivity index (χ2v) is 3.39. The van der Waals surface area contributed by atoms with E-state index in [0.717, 1.165) is 16.7 Å². The van der Waals surface area contributed by atoms with Crippen LogP contribution in [-0.4, -0.2) is 15.2 Å². The highest BCUT2D eigenvalue weighted by Gasteiger charge is 2.04. The maximum absolute atomic E-state index is 9.39. The molecule has 0 saturated carbocycles. The van der Waals surface area contributed by atoms with Crippen LogP contribution in [-0.2, 0) is 0 Å². The van der Waals surface area contributed by atoms with E-state index in [1.165, 1.54) is 12.1 Å². The zero-order valence-electron chi connectivity index (χ0n) is 8.31. The highest BCUT2D eigenvalue weighted by Crippen LogP contribution is 2.31. The first-order valence-corrected chi connectivity index (χ1v) is 4.61. The average molecular weight is 201 g/mol. The highest BCUT2D eigenvalue weighted by atomic mass is 16.3. The molecule has 3 nitrogen and oxygen atoms in total. The van der Waals surface area contributed by atoms with Gasteiger partial charge < -0.3 is 10.2 Å². The van der Waals surface area contributed by atoms with E-state index in [4.69, 9.17) is 0 Å². The number of benzene rings is 1. The molecule has 2 aromatic rings. The van der Waals surface area contributed by atoms with Gasteiger partial charge in [-0.15, -0.1) is 0 Å². The summed E-state index contributed by atoms with van der Waals surface area (Å²) in [6.45, 7) is 1.95. The van der Waals surface area contributed by atoms with Gasteiger partial charge in [0.1, 0.15) is 0 Å². The number of phenols is 2. The molecule has 1 aromatic heterocycles. The predicted octanol–water partition coefficient (Wildman–Crippen LogP) is 2.47. The minimum absolute atomic E-state index is 0.106. The van der Waals surface area contributed by atoms with Gasteiger partial charge in [0.2, 0.25) is 0 Å². The monoisotopic (exact) mass is 201 g/mol. The maximum atomic E-state index is 9.39. The van der Waals surface area contributed by atoms with Crippen molar-refractivity contribution in [2.75, 3.05) is 0 Å². The number of nitrogens with zero attached hydrogens (tertiary/aromatic N) is 1. The fraction of sp³-hybridized carbons (Fsp3) is 0.0833. The summed E-state index contributed by atoms with van der Waals surface area (Å²) in [5, 5.41) is 18.6. The number of aromatic hydroxyl groups is 2. The van der Waals surface area contributed by atoms with Crippen LogP contribution in [0.5, 0.6) is 11.5 Å². The topological polar surface area (TPSA) is 53.4 Å². The summed E-state index contributed by atoms with van der Waals surface area (Å²) in [5.41, 5.74) is 2.90. The lowest BCUT2D eigenvalue weighted by Crippen LogP contribution is -1.84. The van der Waals surface area contributed by atoms with Crippen LogP contribution < -0.4 is 0 Å². The zero-order valence-corrected chi connectivity index (χ0v) is 8.31. The van der Waals surface area contributed by atoms with Crippen LogP contribution in [0.1, 0.15) is 5.56 Å². The van der Waals surface area contributed by atoms with E-state index < -0.39 is 0 Å². The summed E-state index contributed by atoms with van der Waals surface area (Å²) in [6.07, 6.45) is 3.46. The minimum Gasteiger partial charge on any atom is -0.504 e. The molecule has 3 heteroatoms. The SMILES string of the molecule is Cc1cnccc1-c1ccc(O)c(O)c1. The van der Waals surface area contributed by atoms with Crippen LogP contribution in [0, 0.1) is 6.92 Å². The summed E-state index contributed by atoms with van der Waals surface area (Å²) < 4.78 is 0. The number of hydrogen-bond acceptors (Lipinski definition) is 3. The van der Waals surface area contributed by atoms with Crippen LogP contribution in [0.2, 0.25) is 0 Å². The molecule has 15 heavy (non-hydrogen) atoms. The lowest BCUT2D eigenvalue weighted by molar-refractivity contribution is 0.404. The molecule has 0 amide bonds. The van der Waals surface area contributed by atoms with Gasteiger partial charge in [0, 0.05) is 12.4 Å². The third kappa shape index (κ3) is 1.76. The molecule has 0 aliphatic carbocycles. The Morgan fingerprint density at radius 3 is 2.53 bits per heavy atom. The number of rotatable bonds is 1. The van der Waals surface area contributed by atoms with Gasteiger partial charge in [0.15, 0.2) is 11.5 Å². The molecule has 1 heterocycles. The number of aromatic nitrogens is 1. The molecule has 0 aliphatic rings. The quantitative estimate of drug-likeness (QED) is 0.697. The normalized spacial score (nSPS) is 10.2. The van der Waals surface area contributed by atoms with Gasteiger partial charge in [-0.2, -0.15) is 0 Å². The molecule has 0 atom stereocenters. The van der Waals surface area contributed by atoms with Crippen molar-refractivity contribution in [1.29, 1.82) is 0 Å². The standard InChI is InChI=1S/C12H11NO2/c1-8-7-13-5-4-10(8)9-2-3-11(14)12(15)6-9/h2-7,14-15H,1H3. The van der Waals surface area contributed by atoms with Crippen molar-refractivity contribution >= 4 is 0 Å². The first-order chi connectivity index (χ1) is 7.18. The molecule has 1 aromatic carbocycles. The van der Waals surface area contributed by atoms with Gasteiger partial charge in [-0.25, -0.2) is 0 Å². The van der Waals surface area contributed by atoms with Crippen molar-refractivity contribution in [3.63, 3.8) is 0 Å². The number of aryl methyl sites for hydroxylation is 1. The lowest BCUT2D eigenvalue weighted by atomic mass is 10.0. The van der Waals surface area contributed by atoms with Crippen LogP contribution in [0.15, 0.2) is 36.7 Å². The Balaban J connectivity index is 2.55. The van der Waals surface area contributed by atoms with Gasteiger partial charge in [-0.1, -0.05) is 6.07 Å². The molecule has 0 bridgehead atoms. The Labute approximate surface area is 87.7 Å². The van der Waals surface area contributed by atoms with E-state index >= 15 is 0 Å². The summed E-state index contributed by atoms with van der Waals surface area (Å²) >= 11 is 0. The first-order valence-electron chi connectivity index (χ1n) is 4.61. The van der Waals surface area contributed by atoms with Gasteiger partial charge in [-0.05, 0) is 41.8 Å². The van der Waals surface area contributed by atoms with E-state index in [1.807, 2.05) is 13.0 Å². The second-order valence-electron chi connectivity index (χ2n) is 3.39. The molecule has 2 N–H and O–H groups in total. The van der Waals surface area contributed by atoms with E-state index in [-0.39, 0.29) is 11.5 Å². The Kier molecular flexibility index (Phi) is 2.29. The minimum atomic E-state index is -0.108. The maximum Gasteiger partial charge on any atom is 0.158 e. The molecule has 0 fully saturated rings. The molecule has 2 rings (SSSR count). The molecule has 0 saturated heterocycles. The van der Waals surface area contributed by atoms with Crippen molar-refractivity contribution in [1.82, 2.24) is 4.98 Å². The molecule has 76 valence electrons. The first kappa shape index (κ1) is 9.52. The van der Waals surface area contributed by atoms with E-state index in [1.54, 1.807) is 18.5 Å². The van der Waals surface area contributed by atoms with Crippen molar-refractivity contribution in [2.24, 2.45) is 0 Å². The Morgan fingerprint density at radius 1 is 1.07 bits per heavy atom.